The summed E-state index contributed by atoms with van der Waals surface area (Å²) in [5.41, 5.74) is 3.20. The third-order valence-corrected chi connectivity index (χ3v) is 2.74. The van der Waals surface area contributed by atoms with Gasteiger partial charge in [-0.2, -0.15) is 0 Å². The number of hydrogen-bond acceptors (Lipinski definition) is 3. The van der Waals surface area contributed by atoms with Gasteiger partial charge in [-0.05, 0) is 31.4 Å². The molecular weight excluding hydrogens is 224 g/mol. The summed E-state index contributed by atoms with van der Waals surface area (Å²) in [7, 11) is 0. The summed E-state index contributed by atoms with van der Waals surface area (Å²) in [6.07, 6.45) is 5.71. The van der Waals surface area contributed by atoms with Gasteiger partial charge in [-0.1, -0.05) is 13.8 Å². The van der Waals surface area contributed by atoms with E-state index in [0.717, 1.165) is 23.9 Å². The van der Waals surface area contributed by atoms with Gasteiger partial charge in [0.1, 0.15) is 0 Å². The van der Waals surface area contributed by atoms with Crippen molar-refractivity contribution in [3.8, 4) is 0 Å². The largest absolute Gasteiger partial charge is 0.324 e. The van der Waals surface area contributed by atoms with Crippen LogP contribution in [0.25, 0.3) is 0 Å². The van der Waals surface area contributed by atoms with Crippen LogP contribution in [0, 0.1) is 19.8 Å². The molecule has 0 spiro atoms. The highest BCUT2D eigenvalue weighted by Gasteiger charge is 2.08. The van der Waals surface area contributed by atoms with Crippen molar-refractivity contribution in [2.75, 3.05) is 5.32 Å². The topological polar surface area (TPSA) is 42.7 Å². The van der Waals surface area contributed by atoms with Crippen LogP contribution in [-0.2, 0) is 6.54 Å². The van der Waals surface area contributed by atoms with Gasteiger partial charge in [-0.3, -0.25) is 4.98 Å². The van der Waals surface area contributed by atoms with Crippen LogP contribution in [0.15, 0.2) is 24.7 Å². The zero-order chi connectivity index (χ0) is 13.1. The van der Waals surface area contributed by atoms with Gasteiger partial charge in [0.15, 0.2) is 0 Å². The van der Waals surface area contributed by atoms with Crippen LogP contribution in [0.3, 0.4) is 0 Å². The molecule has 0 aliphatic carbocycles. The van der Waals surface area contributed by atoms with Gasteiger partial charge in [-0.25, -0.2) is 4.98 Å². The maximum absolute atomic E-state index is 4.52. The minimum absolute atomic E-state index is 0.592. The molecule has 1 N–H and O–H groups in total. The monoisotopic (exact) mass is 244 g/mol. The molecule has 0 fully saturated rings. The van der Waals surface area contributed by atoms with Crippen molar-refractivity contribution in [3.63, 3.8) is 0 Å². The molecule has 4 heteroatoms. The number of aromatic nitrogens is 3. The minimum Gasteiger partial charge on any atom is -0.324 e. The molecule has 0 saturated carbocycles. The Morgan fingerprint density at radius 3 is 2.78 bits per heavy atom. The summed E-state index contributed by atoms with van der Waals surface area (Å²) in [5, 5.41) is 3.36. The lowest BCUT2D eigenvalue weighted by Gasteiger charge is -2.12. The fourth-order valence-corrected chi connectivity index (χ4v) is 1.89. The van der Waals surface area contributed by atoms with Gasteiger partial charge < -0.3 is 9.88 Å². The Labute approximate surface area is 108 Å². The molecule has 2 rings (SSSR count). The van der Waals surface area contributed by atoms with Crippen molar-refractivity contribution < 1.29 is 0 Å². The Kier molecular flexibility index (Phi) is 3.65. The molecule has 18 heavy (non-hydrogen) atoms. The molecule has 0 atom stereocenters. The van der Waals surface area contributed by atoms with E-state index in [1.807, 2.05) is 19.2 Å². The van der Waals surface area contributed by atoms with Gasteiger partial charge in [0, 0.05) is 18.9 Å². The zero-order valence-corrected chi connectivity index (χ0v) is 11.4. The molecule has 0 bridgehead atoms. The van der Waals surface area contributed by atoms with Crippen molar-refractivity contribution in [2.24, 2.45) is 5.92 Å². The number of imidazole rings is 1. The van der Waals surface area contributed by atoms with Gasteiger partial charge in [0.2, 0.25) is 5.95 Å². The number of nitrogens with zero attached hydrogens (tertiary/aromatic N) is 3. The van der Waals surface area contributed by atoms with Crippen LogP contribution < -0.4 is 5.32 Å². The van der Waals surface area contributed by atoms with Gasteiger partial charge >= 0.3 is 0 Å². The molecule has 4 nitrogen and oxygen atoms in total. The molecule has 0 radical (unpaired) electrons. The summed E-state index contributed by atoms with van der Waals surface area (Å²) < 4.78 is 2.16. The van der Waals surface area contributed by atoms with E-state index < -0.39 is 0 Å². The molecule has 0 saturated heterocycles. The molecule has 2 aromatic rings. The average molecular weight is 244 g/mol. The number of aryl methyl sites for hydroxylation is 2. The predicted octanol–water partition coefficient (Wildman–Crippen LogP) is 3.29. The normalized spacial score (nSPS) is 10.9. The Morgan fingerprint density at radius 2 is 2.11 bits per heavy atom. The molecule has 0 aromatic carbocycles. The van der Waals surface area contributed by atoms with E-state index in [9.17, 15) is 0 Å². The van der Waals surface area contributed by atoms with Crippen molar-refractivity contribution in [2.45, 2.75) is 34.2 Å². The second-order valence-corrected chi connectivity index (χ2v) is 5.07. The quantitative estimate of drug-likeness (QED) is 0.897. The second-order valence-electron chi connectivity index (χ2n) is 5.07. The lowest BCUT2D eigenvalue weighted by atomic mass is 10.2. The summed E-state index contributed by atoms with van der Waals surface area (Å²) in [6.45, 7) is 9.44. The van der Waals surface area contributed by atoms with Crippen LogP contribution in [0.4, 0.5) is 11.6 Å². The zero-order valence-electron chi connectivity index (χ0n) is 11.4. The third-order valence-electron chi connectivity index (χ3n) is 2.74. The first kappa shape index (κ1) is 12.6. The summed E-state index contributed by atoms with van der Waals surface area (Å²) in [6, 6.07) is 1.99. The highest BCUT2D eigenvalue weighted by molar-refractivity contribution is 5.57. The Balaban J connectivity index is 2.26. The minimum atomic E-state index is 0.592. The first-order valence-corrected chi connectivity index (χ1v) is 6.27. The van der Waals surface area contributed by atoms with Crippen LogP contribution in [0.2, 0.25) is 0 Å². The molecule has 2 heterocycles. The summed E-state index contributed by atoms with van der Waals surface area (Å²) >= 11 is 0. The highest BCUT2D eigenvalue weighted by atomic mass is 15.2. The van der Waals surface area contributed by atoms with Crippen molar-refractivity contribution in [1.29, 1.82) is 0 Å². The van der Waals surface area contributed by atoms with Crippen molar-refractivity contribution >= 4 is 11.6 Å². The lowest BCUT2D eigenvalue weighted by Crippen LogP contribution is -2.08. The molecule has 2 aromatic heterocycles. The third kappa shape index (κ3) is 2.88. The Hall–Kier alpha value is -1.84. The fraction of sp³-hybridized carbons (Fsp3) is 0.429. The number of hydrogen-bond donors (Lipinski definition) is 1. The SMILES string of the molecule is Cc1cn(CC(C)C)c(Nc2cnccc2C)n1. The Bertz CT molecular complexity index is 528. The standard InChI is InChI=1S/C14H20N4/c1-10(2)8-18-9-12(4)16-14(18)17-13-7-15-6-5-11(13)3/h5-7,9-10H,8H2,1-4H3,(H,16,17). The predicted molar refractivity (Wildman–Crippen MR) is 74.1 cm³/mol. The average Bonchev–Trinajstić information content (AvgIpc) is 2.61. The molecule has 96 valence electrons. The van der Waals surface area contributed by atoms with Crippen LogP contribution in [-0.4, -0.2) is 14.5 Å². The first-order chi connectivity index (χ1) is 8.56. The van der Waals surface area contributed by atoms with E-state index in [0.29, 0.717) is 5.92 Å². The van der Waals surface area contributed by atoms with Crippen LogP contribution in [0.5, 0.6) is 0 Å². The summed E-state index contributed by atoms with van der Waals surface area (Å²) in [4.78, 5) is 8.66. The summed E-state index contributed by atoms with van der Waals surface area (Å²) in [5.74, 6) is 1.48. The fourth-order valence-electron chi connectivity index (χ4n) is 1.89. The van der Waals surface area contributed by atoms with Crippen LogP contribution in [0.1, 0.15) is 25.1 Å². The molecular formula is C14H20N4. The maximum atomic E-state index is 4.52. The molecule has 0 unspecified atom stereocenters. The van der Waals surface area contributed by atoms with E-state index in [1.54, 1.807) is 6.20 Å². The maximum Gasteiger partial charge on any atom is 0.207 e. The van der Waals surface area contributed by atoms with Crippen molar-refractivity contribution in [1.82, 2.24) is 14.5 Å². The number of anilines is 2. The smallest absolute Gasteiger partial charge is 0.207 e. The number of nitrogens with one attached hydrogen (secondary N) is 1. The van der Waals surface area contributed by atoms with Gasteiger partial charge in [0.25, 0.3) is 0 Å². The van der Waals surface area contributed by atoms with Gasteiger partial charge in [0.05, 0.1) is 17.6 Å². The van der Waals surface area contributed by atoms with E-state index >= 15 is 0 Å². The number of rotatable bonds is 4. The number of pyridine rings is 1. The van der Waals surface area contributed by atoms with Crippen LogP contribution >= 0.6 is 0 Å². The lowest BCUT2D eigenvalue weighted by molar-refractivity contribution is 0.527. The molecule has 0 amide bonds. The van der Waals surface area contributed by atoms with E-state index in [1.165, 1.54) is 5.56 Å². The molecule has 0 aliphatic rings. The molecule has 0 aliphatic heterocycles. The van der Waals surface area contributed by atoms with E-state index in [-0.39, 0.29) is 0 Å². The van der Waals surface area contributed by atoms with E-state index in [2.05, 4.69) is 46.8 Å². The highest BCUT2D eigenvalue weighted by Crippen LogP contribution is 2.19. The van der Waals surface area contributed by atoms with Crippen molar-refractivity contribution in [3.05, 3.63) is 35.9 Å². The second kappa shape index (κ2) is 5.21. The van der Waals surface area contributed by atoms with E-state index in [4.69, 9.17) is 0 Å². The first-order valence-electron chi connectivity index (χ1n) is 6.27. The van der Waals surface area contributed by atoms with Gasteiger partial charge in [-0.15, -0.1) is 0 Å². The Morgan fingerprint density at radius 1 is 1.33 bits per heavy atom.